The van der Waals surface area contributed by atoms with Gasteiger partial charge >= 0.3 is 0 Å². The van der Waals surface area contributed by atoms with Crippen molar-refractivity contribution in [3.05, 3.63) is 24.0 Å². The molecule has 0 aromatic carbocycles. The SMILES string of the molecule is CCNC(c1cnccc1N)C1CCC(C)(C)CC1. The molecule has 2 rings (SSSR count). The standard InChI is InChI=1S/C16H27N3/c1-4-19-15(13-11-18-10-7-14(13)17)12-5-8-16(2,3)9-6-12/h7,10-12,15,19H,4-6,8-9H2,1-3H3,(H2,17,18). The molecule has 1 unspecified atom stereocenters. The number of nitrogen functional groups attached to an aromatic ring is 1. The number of hydrogen-bond donors (Lipinski definition) is 2. The Morgan fingerprint density at radius 2 is 2.11 bits per heavy atom. The molecule has 0 spiro atoms. The zero-order valence-electron chi connectivity index (χ0n) is 12.4. The molecule has 106 valence electrons. The highest BCUT2D eigenvalue weighted by Crippen LogP contribution is 2.43. The van der Waals surface area contributed by atoms with E-state index < -0.39 is 0 Å². The van der Waals surface area contributed by atoms with E-state index in [-0.39, 0.29) is 0 Å². The molecule has 1 atom stereocenters. The van der Waals surface area contributed by atoms with Crippen LogP contribution in [0.4, 0.5) is 5.69 Å². The normalized spacial score (nSPS) is 21.2. The summed E-state index contributed by atoms with van der Waals surface area (Å²) in [7, 11) is 0. The van der Waals surface area contributed by atoms with Gasteiger partial charge in [-0.1, -0.05) is 20.8 Å². The van der Waals surface area contributed by atoms with Crippen LogP contribution in [-0.4, -0.2) is 11.5 Å². The molecule has 19 heavy (non-hydrogen) atoms. The summed E-state index contributed by atoms with van der Waals surface area (Å²) in [6.07, 6.45) is 8.87. The second kappa shape index (κ2) is 5.91. The average Bonchev–Trinajstić information content (AvgIpc) is 2.38. The van der Waals surface area contributed by atoms with Gasteiger partial charge in [0.05, 0.1) is 0 Å². The van der Waals surface area contributed by atoms with Crippen molar-refractivity contribution in [3.8, 4) is 0 Å². The van der Waals surface area contributed by atoms with Crippen molar-refractivity contribution in [1.29, 1.82) is 0 Å². The molecule has 0 radical (unpaired) electrons. The predicted octanol–water partition coefficient (Wildman–Crippen LogP) is 3.53. The van der Waals surface area contributed by atoms with E-state index in [4.69, 9.17) is 5.73 Å². The number of aromatic nitrogens is 1. The number of nitrogens with zero attached hydrogens (tertiary/aromatic N) is 1. The fourth-order valence-electron chi connectivity index (χ4n) is 3.18. The van der Waals surface area contributed by atoms with E-state index in [1.807, 2.05) is 12.3 Å². The van der Waals surface area contributed by atoms with E-state index in [0.29, 0.717) is 17.4 Å². The first kappa shape index (κ1) is 14.3. The third kappa shape index (κ3) is 3.47. The third-order valence-electron chi connectivity index (χ3n) is 4.50. The summed E-state index contributed by atoms with van der Waals surface area (Å²) in [5, 5.41) is 3.62. The molecule has 3 N–H and O–H groups in total. The molecule has 3 nitrogen and oxygen atoms in total. The number of nitrogens with one attached hydrogen (secondary N) is 1. The highest BCUT2D eigenvalue weighted by molar-refractivity contribution is 5.46. The van der Waals surface area contributed by atoms with Gasteiger partial charge in [-0.25, -0.2) is 0 Å². The van der Waals surface area contributed by atoms with Gasteiger partial charge in [0.25, 0.3) is 0 Å². The average molecular weight is 261 g/mol. The first-order valence-electron chi connectivity index (χ1n) is 7.46. The second-order valence-corrected chi connectivity index (χ2v) is 6.54. The Morgan fingerprint density at radius 1 is 1.42 bits per heavy atom. The van der Waals surface area contributed by atoms with E-state index in [2.05, 4.69) is 31.1 Å². The summed E-state index contributed by atoms with van der Waals surface area (Å²) >= 11 is 0. The summed E-state index contributed by atoms with van der Waals surface area (Å²) in [5.41, 5.74) is 8.68. The van der Waals surface area contributed by atoms with Crippen molar-refractivity contribution in [1.82, 2.24) is 10.3 Å². The molecular formula is C16H27N3. The van der Waals surface area contributed by atoms with Gasteiger partial charge in [-0.3, -0.25) is 4.98 Å². The lowest BCUT2D eigenvalue weighted by atomic mass is 9.70. The fourth-order valence-corrected chi connectivity index (χ4v) is 3.18. The Balaban J connectivity index is 2.15. The minimum Gasteiger partial charge on any atom is -0.398 e. The molecule has 3 heteroatoms. The van der Waals surface area contributed by atoms with Gasteiger partial charge in [0.15, 0.2) is 0 Å². The Labute approximate surface area is 117 Å². The summed E-state index contributed by atoms with van der Waals surface area (Å²) in [4.78, 5) is 4.25. The summed E-state index contributed by atoms with van der Waals surface area (Å²) in [6, 6.07) is 2.27. The van der Waals surface area contributed by atoms with Crippen LogP contribution >= 0.6 is 0 Å². The molecule has 0 amide bonds. The molecule has 1 heterocycles. The predicted molar refractivity (Wildman–Crippen MR) is 80.8 cm³/mol. The van der Waals surface area contributed by atoms with Gasteiger partial charge in [0, 0.05) is 29.7 Å². The molecule has 0 bridgehead atoms. The molecule has 1 aromatic rings. The van der Waals surface area contributed by atoms with Crippen LogP contribution in [0.1, 0.15) is 58.1 Å². The number of nitrogens with two attached hydrogens (primary N) is 1. The summed E-state index contributed by atoms with van der Waals surface area (Å²) in [5.74, 6) is 0.680. The van der Waals surface area contributed by atoms with Crippen LogP contribution in [0.15, 0.2) is 18.5 Å². The Kier molecular flexibility index (Phi) is 4.46. The molecule has 1 aliphatic carbocycles. The highest BCUT2D eigenvalue weighted by Gasteiger charge is 2.32. The van der Waals surface area contributed by atoms with E-state index >= 15 is 0 Å². The van der Waals surface area contributed by atoms with Gasteiger partial charge in [0.2, 0.25) is 0 Å². The number of rotatable bonds is 4. The van der Waals surface area contributed by atoms with Crippen LogP contribution in [0, 0.1) is 11.3 Å². The molecular weight excluding hydrogens is 234 g/mol. The first-order valence-corrected chi connectivity index (χ1v) is 7.46. The lowest BCUT2D eigenvalue weighted by molar-refractivity contribution is 0.162. The summed E-state index contributed by atoms with van der Waals surface area (Å²) < 4.78 is 0. The maximum Gasteiger partial charge on any atom is 0.0393 e. The van der Waals surface area contributed by atoms with Crippen LogP contribution in [-0.2, 0) is 0 Å². The maximum absolute atomic E-state index is 6.13. The van der Waals surface area contributed by atoms with Gasteiger partial charge in [-0.2, -0.15) is 0 Å². The Bertz CT molecular complexity index is 404. The van der Waals surface area contributed by atoms with Crippen LogP contribution < -0.4 is 11.1 Å². The zero-order valence-corrected chi connectivity index (χ0v) is 12.4. The number of pyridine rings is 1. The van der Waals surface area contributed by atoms with Crippen molar-refractivity contribution in [2.75, 3.05) is 12.3 Å². The van der Waals surface area contributed by atoms with Crippen LogP contribution in [0.2, 0.25) is 0 Å². The quantitative estimate of drug-likeness (QED) is 0.871. The molecule has 0 aliphatic heterocycles. The van der Waals surface area contributed by atoms with Crippen molar-refractivity contribution >= 4 is 5.69 Å². The monoisotopic (exact) mass is 261 g/mol. The van der Waals surface area contributed by atoms with Crippen LogP contribution in [0.25, 0.3) is 0 Å². The van der Waals surface area contributed by atoms with Crippen LogP contribution in [0.5, 0.6) is 0 Å². The van der Waals surface area contributed by atoms with Gasteiger partial charge in [-0.05, 0) is 49.6 Å². The molecule has 1 fully saturated rings. The lowest BCUT2D eigenvalue weighted by Gasteiger charge is -2.38. The Morgan fingerprint density at radius 3 is 2.68 bits per heavy atom. The molecule has 1 saturated carbocycles. The minimum absolute atomic E-state index is 0.356. The van der Waals surface area contributed by atoms with Crippen molar-refractivity contribution < 1.29 is 0 Å². The van der Waals surface area contributed by atoms with Gasteiger partial charge in [-0.15, -0.1) is 0 Å². The zero-order chi connectivity index (χ0) is 13.9. The molecule has 1 aromatic heterocycles. The first-order chi connectivity index (χ1) is 9.03. The Hall–Kier alpha value is -1.09. The largest absolute Gasteiger partial charge is 0.398 e. The van der Waals surface area contributed by atoms with E-state index in [0.717, 1.165) is 12.2 Å². The number of hydrogen-bond acceptors (Lipinski definition) is 3. The van der Waals surface area contributed by atoms with E-state index in [1.54, 1.807) is 6.20 Å². The molecule has 0 saturated heterocycles. The fraction of sp³-hybridized carbons (Fsp3) is 0.688. The van der Waals surface area contributed by atoms with Crippen LogP contribution in [0.3, 0.4) is 0 Å². The van der Waals surface area contributed by atoms with Crippen molar-refractivity contribution in [2.45, 2.75) is 52.5 Å². The number of anilines is 1. The van der Waals surface area contributed by atoms with Gasteiger partial charge in [0.1, 0.15) is 0 Å². The smallest absolute Gasteiger partial charge is 0.0393 e. The topological polar surface area (TPSA) is 50.9 Å². The van der Waals surface area contributed by atoms with E-state index in [1.165, 1.54) is 31.2 Å². The summed E-state index contributed by atoms with van der Waals surface area (Å²) in [6.45, 7) is 7.89. The molecule has 1 aliphatic rings. The third-order valence-corrected chi connectivity index (χ3v) is 4.50. The van der Waals surface area contributed by atoms with Crippen molar-refractivity contribution in [2.24, 2.45) is 11.3 Å². The lowest BCUT2D eigenvalue weighted by Crippen LogP contribution is -2.33. The van der Waals surface area contributed by atoms with E-state index in [9.17, 15) is 0 Å². The second-order valence-electron chi connectivity index (χ2n) is 6.54. The van der Waals surface area contributed by atoms with Gasteiger partial charge < -0.3 is 11.1 Å². The minimum atomic E-state index is 0.356. The maximum atomic E-state index is 6.13. The van der Waals surface area contributed by atoms with Crippen molar-refractivity contribution in [3.63, 3.8) is 0 Å². The highest BCUT2D eigenvalue weighted by atomic mass is 14.9.